The summed E-state index contributed by atoms with van der Waals surface area (Å²) in [5.74, 6) is 0.596. The Morgan fingerprint density at radius 2 is 2.20 bits per heavy atom. The zero-order chi connectivity index (χ0) is 14.8. The highest BCUT2D eigenvalue weighted by Crippen LogP contribution is 2.34. The number of anilines is 2. The Bertz CT molecular complexity index is 522. The van der Waals surface area contributed by atoms with Crippen molar-refractivity contribution >= 4 is 23.9 Å². The fraction of sp³-hybridized carbons (Fsp3) is 0.429. The second kappa shape index (κ2) is 5.40. The summed E-state index contributed by atoms with van der Waals surface area (Å²) in [5, 5.41) is 2.55. The van der Waals surface area contributed by atoms with Gasteiger partial charge in [-0.3, -0.25) is 9.69 Å². The van der Waals surface area contributed by atoms with Crippen LogP contribution < -0.4 is 15.0 Å². The molecule has 0 saturated heterocycles. The van der Waals surface area contributed by atoms with Crippen LogP contribution in [0.15, 0.2) is 18.2 Å². The molecule has 0 bridgehead atoms. The van der Waals surface area contributed by atoms with Gasteiger partial charge in [-0.2, -0.15) is 0 Å². The van der Waals surface area contributed by atoms with Crippen LogP contribution in [0, 0.1) is 0 Å². The minimum atomic E-state index is -0.561. The number of nitrogens with zero attached hydrogens (tertiary/aromatic N) is 1. The Hall–Kier alpha value is -2.24. The molecule has 0 aliphatic carbocycles. The third kappa shape index (κ3) is 3.20. The van der Waals surface area contributed by atoms with Gasteiger partial charge < -0.3 is 14.8 Å². The molecule has 1 aromatic carbocycles. The molecule has 1 aliphatic rings. The van der Waals surface area contributed by atoms with E-state index in [2.05, 4.69) is 5.32 Å². The molecule has 0 unspecified atom stereocenters. The summed E-state index contributed by atoms with van der Waals surface area (Å²) in [4.78, 5) is 24.2. The van der Waals surface area contributed by atoms with Crippen molar-refractivity contribution < 1.29 is 19.1 Å². The summed E-state index contributed by atoms with van der Waals surface area (Å²) >= 11 is 0. The van der Waals surface area contributed by atoms with E-state index < -0.39 is 11.7 Å². The highest BCUT2D eigenvalue weighted by Gasteiger charge is 2.28. The fourth-order valence-electron chi connectivity index (χ4n) is 1.88. The van der Waals surface area contributed by atoms with E-state index in [9.17, 15) is 9.59 Å². The summed E-state index contributed by atoms with van der Waals surface area (Å²) in [7, 11) is 0. The van der Waals surface area contributed by atoms with Crippen molar-refractivity contribution in [1.29, 1.82) is 0 Å². The molecule has 1 aromatic rings. The molecule has 0 atom stereocenters. The molecule has 1 aliphatic heterocycles. The molecule has 1 heterocycles. The van der Waals surface area contributed by atoms with Crippen molar-refractivity contribution in [2.45, 2.75) is 26.4 Å². The minimum Gasteiger partial charge on any atom is -0.490 e. The topological polar surface area (TPSA) is 67.9 Å². The van der Waals surface area contributed by atoms with Crippen LogP contribution >= 0.6 is 0 Å². The lowest BCUT2D eigenvalue weighted by Gasteiger charge is -2.31. The van der Waals surface area contributed by atoms with Gasteiger partial charge >= 0.3 is 6.09 Å². The van der Waals surface area contributed by atoms with Gasteiger partial charge in [0.15, 0.2) is 0 Å². The highest BCUT2D eigenvalue weighted by molar-refractivity contribution is 5.92. The Morgan fingerprint density at radius 1 is 1.45 bits per heavy atom. The second-order valence-corrected chi connectivity index (χ2v) is 5.43. The van der Waals surface area contributed by atoms with Gasteiger partial charge in [-0.25, -0.2) is 4.79 Å². The summed E-state index contributed by atoms with van der Waals surface area (Å²) in [6.07, 6.45) is 0.161. The number of benzene rings is 1. The smallest absolute Gasteiger partial charge is 0.415 e. The Morgan fingerprint density at radius 3 is 2.85 bits per heavy atom. The molecule has 6 nitrogen and oxygen atoms in total. The van der Waals surface area contributed by atoms with Crippen molar-refractivity contribution in [3.8, 4) is 5.75 Å². The maximum Gasteiger partial charge on any atom is 0.415 e. The molecular weight excluding hydrogens is 260 g/mol. The third-order valence-electron chi connectivity index (χ3n) is 2.66. The van der Waals surface area contributed by atoms with Crippen LogP contribution in [0.1, 0.15) is 20.8 Å². The molecule has 0 aromatic heterocycles. The molecular formula is C14H18N2O4. The lowest BCUT2D eigenvalue weighted by atomic mass is 10.2. The number of nitrogens with one attached hydrogen (secondary N) is 1. The van der Waals surface area contributed by atoms with E-state index in [1.807, 2.05) is 20.8 Å². The minimum absolute atomic E-state index is 0.409. The quantitative estimate of drug-likeness (QED) is 0.843. The van der Waals surface area contributed by atoms with Gasteiger partial charge in [0.05, 0.1) is 12.2 Å². The standard InChI is InChI=1S/C14H18N2O4/c1-14(2,3)20-13(18)16-6-7-19-12-5-4-10(15-9-17)8-11(12)16/h4-5,8-9H,6-7H2,1-3H3,(H,15,17). The Balaban J connectivity index is 2.28. The van der Waals surface area contributed by atoms with Gasteiger partial charge in [-0.1, -0.05) is 0 Å². The molecule has 0 fully saturated rings. The van der Waals surface area contributed by atoms with Gasteiger partial charge in [-0.15, -0.1) is 0 Å². The number of hydrogen-bond acceptors (Lipinski definition) is 4. The maximum absolute atomic E-state index is 12.2. The molecule has 20 heavy (non-hydrogen) atoms. The molecule has 2 rings (SSSR count). The first-order valence-electron chi connectivity index (χ1n) is 6.38. The van der Waals surface area contributed by atoms with Crippen LogP contribution in [0.2, 0.25) is 0 Å². The molecule has 0 radical (unpaired) electrons. The molecule has 2 amide bonds. The Labute approximate surface area is 117 Å². The molecule has 0 saturated carbocycles. The van der Waals surface area contributed by atoms with Crippen LogP contribution in [0.3, 0.4) is 0 Å². The summed E-state index contributed by atoms with van der Waals surface area (Å²) in [6, 6.07) is 5.12. The third-order valence-corrected chi connectivity index (χ3v) is 2.66. The molecule has 6 heteroatoms. The number of carbonyl (C=O) groups is 2. The average molecular weight is 278 g/mol. The normalized spacial score (nSPS) is 14.1. The predicted octanol–water partition coefficient (Wildman–Crippen LogP) is 2.39. The highest BCUT2D eigenvalue weighted by atomic mass is 16.6. The van der Waals surface area contributed by atoms with Crippen molar-refractivity contribution in [3.63, 3.8) is 0 Å². The monoisotopic (exact) mass is 278 g/mol. The van der Waals surface area contributed by atoms with Gasteiger partial charge in [0.1, 0.15) is 18.0 Å². The van der Waals surface area contributed by atoms with Gasteiger partial charge in [-0.05, 0) is 39.0 Å². The zero-order valence-corrected chi connectivity index (χ0v) is 11.8. The van der Waals surface area contributed by atoms with Crippen LogP contribution in [-0.4, -0.2) is 31.3 Å². The number of fused-ring (bicyclic) bond motifs is 1. The Kier molecular flexibility index (Phi) is 3.83. The second-order valence-electron chi connectivity index (χ2n) is 5.43. The van der Waals surface area contributed by atoms with E-state index in [0.717, 1.165) is 0 Å². The maximum atomic E-state index is 12.2. The van der Waals surface area contributed by atoms with Crippen molar-refractivity contribution in [3.05, 3.63) is 18.2 Å². The predicted molar refractivity (Wildman–Crippen MR) is 75.2 cm³/mol. The van der Waals surface area contributed by atoms with Crippen molar-refractivity contribution in [2.75, 3.05) is 23.4 Å². The van der Waals surface area contributed by atoms with Gasteiger partial charge in [0, 0.05) is 5.69 Å². The first kappa shape index (κ1) is 14.2. The number of amides is 2. The molecule has 0 spiro atoms. The van der Waals surface area contributed by atoms with Crippen molar-refractivity contribution in [1.82, 2.24) is 0 Å². The first-order chi connectivity index (χ1) is 9.40. The van der Waals surface area contributed by atoms with E-state index in [1.165, 1.54) is 4.90 Å². The fourth-order valence-corrected chi connectivity index (χ4v) is 1.88. The zero-order valence-electron chi connectivity index (χ0n) is 11.8. The van der Waals surface area contributed by atoms with Gasteiger partial charge in [0.25, 0.3) is 0 Å². The van der Waals surface area contributed by atoms with E-state index in [1.54, 1.807) is 18.2 Å². The number of hydrogen-bond donors (Lipinski definition) is 1. The number of carbonyl (C=O) groups excluding carboxylic acids is 2. The van der Waals surface area contributed by atoms with E-state index in [4.69, 9.17) is 9.47 Å². The summed E-state index contributed by atoms with van der Waals surface area (Å²) < 4.78 is 10.9. The van der Waals surface area contributed by atoms with Crippen molar-refractivity contribution in [2.24, 2.45) is 0 Å². The number of rotatable bonds is 2. The van der Waals surface area contributed by atoms with Gasteiger partial charge in [0.2, 0.25) is 6.41 Å². The van der Waals surface area contributed by atoms with E-state index >= 15 is 0 Å². The molecule has 108 valence electrons. The SMILES string of the molecule is CC(C)(C)OC(=O)N1CCOc2ccc(NC=O)cc21. The summed E-state index contributed by atoms with van der Waals surface area (Å²) in [6.45, 7) is 6.27. The van der Waals surface area contributed by atoms with E-state index in [-0.39, 0.29) is 0 Å². The number of ether oxygens (including phenoxy) is 2. The van der Waals surface area contributed by atoms with E-state index in [0.29, 0.717) is 36.7 Å². The lowest BCUT2D eigenvalue weighted by Crippen LogP contribution is -2.41. The van der Waals surface area contributed by atoms with Crippen LogP contribution in [-0.2, 0) is 9.53 Å². The molecule has 1 N–H and O–H groups in total. The van der Waals surface area contributed by atoms with Crippen LogP contribution in [0.5, 0.6) is 5.75 Å². The largest absolute Gasteiger partial charge is 0.490 e. The average Bonchev–Trinajstić information content (AvgIpc) is 2.36. The first-order valence-corrected chi connectivity index (χ1v) is 6.38. The lowest BCUT2D eigenvalue weighted by molar-refractivity contribution is -0.105. The summed E-state index contributed by atoms with van der Waals surface area (Å²) in [5.41, 5.74) is 0.629. The van der Waals surface area contributed by atoms with Crippen LogP contribution in [0.25, 0.3) is 0 Å². The van der Waals surface area contributed by atoms with Crippen LogP contribution in [0.4, 0.5) is 16.2 Å².